The summed E-state index contributed by atoms with van der Waals surface area (Å²) >= 11 is 0. The Morgan fingerprint density at radius 2 is 2.03 bits per heavy atom. The van der Waals surface area contributed by atoms with E-state index in [1.807, 2.05) is 0 Å². The Bertz CT molecular complexity index is 967. The number of likely N-dealkylation sites (tertiary alicyclic amines) is 1. The zero-order valence-corrected chi connectivity index (χ0v) is 17.3. The fourth-order valence-electron chi connectivity index (χ4n) is 3.31. The lowest BCUT2D eigenvalue weighted by atomic mass is 10.1. The molecular weight excluding hydrogens is 394 g/mol. The molecule has 2 amide bonds. The number of carbonyl (C=O) groups excluding carboxylic acids is 3. The molecule has 162 valence electrons. The number of hydrogen-bond acceptors (Lipinski definition) is 9. The molecule has 0 bridgehead atoms. The molecule has 3 N–H and O–H groups in total. The fourth-order valence-corrected chi connectivity index (χ4v) is 3.31. The lowest BCUT2D eigenvalue weighted by molar-refractivity contribution is -0.147. The first-order chi connectivity index (χ1) is 14.1. The minimum atomic E-state index is -0.667. The predicted molar refractivity (Wildman–Crippen MR) is 105 cm³/mol. The van der Waals surface area contributed by atoms with Crippen LogP contribution in [0.3, 0.4) is 0 Å². The first-order valence-electron chi connectivity index (χ1n) is 9.38. The molecule has 30 heavy (non-hydrogen) atoms. The third-order valence-electron chi connectivity index (χ3n) is 4.64. The Hall–Kier alpha value is -3.44. The number of nitrogens with one attached hydrogen (secondary N) is 1. The molecule has 0 aliphatic carbocycles. The molecule has 0 unspecified atom stereocenters. The van der Waals surface area contributed by atoms with Gasteiger partial charge in [0.2, 0.25) is 5.91 Å². The maximum Gasteiger partial charge on any atom is 0.407 e. The molecular formula is C18H25N7O5. The van der Waals surface area contributed by atoms with Gasteiger partial charge < -0.3 is 30.0 Å². The van der Waals surface area contributed by atoms with Gasteiger partial charge in [-0.1, -0.05) is 0 Å². The first kappa shape index (κ1) is 21.3. The fraction of sp³-hybridized carbons (Fsp3) is 0.556. The number of anilines is 1. The summed E-state index contributed by atoms with van der Waals surface area (Å²) in [6.07, 6.45) is 2.48. The molecule has 3 rings (SSSR count). The Kier molecular flexibility index (Phi) is 5.76. The van der Waals surface area contributed by atoms with Crippen LogP contribution in [0.15, 0.2) is 12.7 Å². The summed E-state index contributed by atoms with van der Waals surface area (Å²) in [4.78, 5) is 50.7. The number of nitrogen functional groups attached to an aromatic ring is 1. The summed E-state index contributed by atoms with van der Waals surface area (Å²) in [7, 11) is 1.25. The molecule has 2 aromatic heterocycles. The van der Waals surface area contributed by atoms with Crippen molar-refractivity contribution in [2.45, 2.75) is 44.9 Å². The maximum atomic E-state index is 13.1. The van der Waals surface area contributed by atoms with Gasteiger partial charge in [-0.15, -0.1) is 0 Å². The minimum absolute atomic E-state index is 0.109. The number of fused-ring (bicyclic) bond motifs is 1. The molecule has 0 aromatic carbocycles. The molecule has 0 spiro atoms. The van der Waals surface area contributed by atoms with E-state index in [1.165, 1.54) is 24.7 Å². The average Bonchev–Trinajstić information content (AvgIpc) is 3.21. The van der Waals surface area contributed by atoms with Crippen molar-refractivity contribution in [1.82, 2.24) is 29.7 Å². The number of ether oxygens (including phenoxy) is 2. The van der Waals surface area contributed by atoms with Gasteiger partial charge in [-0.2, -0.15) is 0 Å². The van der Waals surface area contributed by atoms with Crippen LogP contribution in [-0.2, 0) is 19.1 Å². The third-order valence-corrected chi connectivity index (χ3v) is 4.64. The highest BCUT2D eigenvalue weighted by Gasteiger charge is 2.42. The number of rotatable bonds is 5. The molecule has 0 saturated carbocycles. The number of esters is 1. The van der Waals surface area contributed by atoms with Crippen LogP contribution in [0.5, 0.6) is 0 Å². The molecule has 12 nitrogen and oxygen atoms in total. The molecule has 2 atom stereocenters. The van der Waals surface area contributed by atoms with Gasteiger partial charge in [0.25, 0.3) is 0 Å². The zero-order valence-electron chi connectivity index (χ0n) is 17.3. The Labute approximate surface area is 172 Å². The van der Waals surface area contributed by atoms with E-state index in [2.05, 4.69) is 20.3 Å². The molecule has 2 aromatic rings. The summed E-state index contributed by atoms with van der Waals surface area (Å²) in [6, 6.07) is -1.12. The summed E-state index contributed by atoms with van der Waals surface area (Å²) in [5, 5.41) is 2.66. The summed E-state index contributed by atoms with van der Waals surface area (Å²) < 4.78 is 11.6. The van der Waals surface area contributed by atoms with Crippen molar-refractivity contribution in [3.63, 3.8) is 0 Å². The van der Waals surface area contributed by atoms with Crippen LogP contribution in [0, 0.1) is 0 Å². The number of amides is 2. The number of alkyl carbamates (subject to hydrolysis) is 1. The van der Waals surface area contributed by atoms with Gasteiger partial charge in [-0.05, 0) is 27.2 Å². The van der Waals surface area contributed by atoms with E-state index in [0.717, 1.165) is 0 Å². The van der Waals surface area contributed by atoms with Crippen molar-refractivity contribution >= 4 is 35.0 Å². The van der Waals surface area contributed by atoms with Crippen molar-refractivity contribution in [3.05, 3.63) is 12.7 Å². The van der Waals surface area contributed by atoms with Crippen molar-refractivity contribution in [2.24, 2.45) is 0 Å². The van der Waals surface area contributed by atoms with Crippen LogP contribution in [0.25, 0.3) is 11.2 Å². The second-order valence-electron chi connectivity index (χ2n) is 7.91. The monoisotopic (exact) mass is 419 g/mol. The number of hydrogen-bond donors (Lipinski definition) is 2. The average molecular weight is 419 g/mol. The summed E-state index contributed by atoms with van der Waals surface area (Å²) in [5.74, 6) is -0.667. The molecule has 1 aliphatic rings. The smallest absolute Gasteiger partial charge is 0.407 e. The quantitative estimate of drug-likeness (QED) is 0.649. The number of nitrogens with two attached hydrogens (primary N) is 1. The van der Waals surface area contributed by atoms with Crippen LogP contribution < -0.4 is 11.1 Å². The standard InChI is InChI=1S/C18H25N7O5/c1-18(2,3)30-17(28)20-6-10-5-11(16(27)24(10)7-12(26)29-4)25-9-23-13-14(19)21-8-22-15(13)25/h8-11H,5-7H2,1-4H3,(H,20,28)(H2,19,21,22)/t10-,11+/m1/s1. The molecule has 3 heterocycles. The van der Waals surface area contributed by atoms with Gasteiger partial charge in [-0.3, -0.25) is 9.59 Å². The molecule has 0 radical (unpaired) electrons. The van der Waals surface area contributed by atoms with Gasteiger partial charge in [0.05, 0.1) is 19.5 Å². The molecule has 1 saturated heterocycles. The highest BCUT2D eigenvalue weighted by atomic mass is 16.6. The van der Waals surface area contributed by atoms with E-state index in [-0.39, 0.29) is 24.8 Å². The van der Waals surface area contributed by atoms with Crippen molar-refractivity contribution in [1.29, 1.82) is 0 Å². The lowest BCUT2D eigenvalue weighted by Crippen LogP contribution is -2.45. The highest BCUT2D eigenvalue weighted by molar-refractivity contribution is 5.89. The van der Waals surface area contributed by atoms with E-state index in [4.69, 9.17) is 15.2 Å². The number of carbonyl (C=O) groups is 3. The van der Waals surface area contributed by atoms with Crippen LogP contribution in [0.4, 0.5) is 10.6 Å². The normalized spacial score (nSPS) is 19.2. The zero-order chi connectivity index (χ0) is 22.1. The van der Waals surface area contributed by atoms with Crippen molar-refractivity contribution in [3.8, 4) is 0 Å². The van der Waals surface area contributed by atoms with Gasteiger partial charge in [0.1, 0.15) is 30.0 Å². The highest BCUT2D eigenvalue weighted by Crippen LogP contribution is 2.31. The van der Waals surface area contributed by atoms with Crippen molar-refractivity contribution in [2.75, 3.05) is 25.9 Å². The maximum absolute atomic E-state index is 13.1. The van der Waals surface area contributed by atoms with E-state index in [0.29, 0.717) is 17.6 Å². The Balaban J connectivity index is 1.82. The largest absolute Gasteiger partial charge is 0.468 e. The van der Waals surface area contributed by atoms with E-state index in [1.54, 1.807) is 25.3 Å². The lowest BCUT2D eigenvalue weighted by Gasteiger charge is -2.25. The second-order valence-corrected chi connectivity index (χ2v) is 7.91. The molecule has 12 heteroatoms. The SMILES string of the molecule is COC(=O)CN1C(=O)[C@@H](n2cnc3c(N)ncnc32)C[C@@H]1CNC(=O)OC(C)(C)C. The third kappa shape index (κ3) is 4.42. The summed E-state index contributed by atoms with van der Waals surface area (Å²) in [6.45, 7) is 5.13. The second kappa shape index (κ2) is 8.13. The first-order valence-corrected chi connectivity index (χ1v) is 9.38. The van der Waals surface area contributed by atoms with Crippen molar-refractivity contribution < 1.29 is 23.9 Å². The Morgan fingerprint density at radius 1 is 1.30 bits per heavy atom. The Morgan fingerprint density at radius 3 is 2.70 bits per heavy atom. The van der Waals surface area contributed by atoms with Crippen LogP contribution >= 0.6 is 0 Å². The van der Waals surface area contributed by atoms with E-state index in [9.17, 15) is 14.4 Å². The van der Waals surface area contributed by atoms with Gasteiger partial charge in [0.15, 0.2) is 11.5 Å². The summed E-state index contributed by atoms with van der Waals surface area (Å²) in [5.41, 5.74) is 5.98. The van der Waals surface area contributed by atoms with Crippen LogP contribution in [0.2, 0.25) is 0 Å². The number of aromatic nitrogens is 4. The van der Waals surface area contributed by atoms with Gasteiger partial charge >= 0.3 is 12.1 Å². The molecule has 1 aliphatic heterocycles. The van der Waals surface area contributed by atoms with E-state index < -0.39 is 29.7 Å². The van der Waals surface area contributed by atoms with Crippen LogP contribution in [0.1, 0.15) is 33.2 Å². The van der Waals surface area contributed by atoms with Gasteiger partial charge in [0, 0.05) is 6.54 Å². The topological polar surface area (TPSA) is 155 Å². The van der Waals surface area contributed by atoms with Gasteiger partial charge in [-0.25, -0.2) is 19.7 Å². The molecule has 1 fully saturated rings. The minimum Gasteiger partial charge on any atom is -0.468 e. The number of methoxy groups -OCH3 is 1. The number of imidazole rings is 1. The van der Waals surface area contributed by atoms with Crippen LogP contribution in [-0.4, -0.2) is 74.2 Å². The number of nitrogens with zero attached hydrogens (tertiary/aromatic N) is 5. The van der Waals surface area contributed by atoms with E-state index >= 15 is 0 Å². The predicted octanol–water partition coefficient (Wildman–Crippen LogP) is 0.248.